The van der Waals surface area contributed by atoms with Crippen molar-refractivity contribution in [3.63, 3.8) is 0 Å². The number of anilines is 1. The summed E-state index contributed by atoms with van der Waals surface area (Å²) in [6.45, 7) is 0.237. The van der Waals surface area contributed by atoms with E-state index in [0.717, 1.165) is 16.2 Å². The number of amides is 5. The van der Waals surface area contributed by atoms with E-state index in [2.05, 4.69) is 0 Å². The van der Waals surface area contributed by atoms with Gasteiger partial charge in [-0.2, -0.15) is 0 Å². The zero-order valence-corrected chi connectivity index (χ0v) is 16.9. The molecule has 0 atom stereocenters. The second-order valence-corrected chi connectivity index (χ2v) is 8.11. The minimum Gasteiger partial charge on any atom is -0.312 e. The van der Waals surface area contributed by atoms with Crippen molar-refractivity contribution in [2.75, 3.05) is 24.5 Å². The second-order valence-electron chi connectivity index (χ2n) is 7.08. The molecule has 2 aliphatic rings. The van der Waals surface area contributed by atoms with Crippen LogP contribution in [-0.4, -0.2) is 59.0 Å². The summed E-state index contributed by atoms with van der Waals surface area (Å²) in [7, 11) is 0. The summed E-state index contributed by atoms with van der Waals surface area (Å²) in [5.74, 6) is -2.31. The summed E-state index contributed by atoms with van der Waals surface area (Å²) < 4.78 is 0. The summed E-state index contributed by atoms with van der Waals surface area (Å²) in [4.78, 5) is 65.6. The molecule has 0 bridgehead atoms. The van der Waals surface area contributed by atoms with Gasteiger partial charge in [-0.05, 0) is 42.1 Å². The van der Waals surface area contributed by atoms with Crippen molar-refractivity contribution in [2.45, 2.75) is 19.3 Å². The average molecular weight is 425 g/mol. The lowest BCUT2D eigenvalue weighted by Gasteiger charge is -2.16. The Kier molecular flexibility index (Phi) is 5.45. The number of Topliss-reactive ketones (excluding diaryl/α,β-unsaturated/α-hetero) is 1. The first kappa shape index (κ1) is 20.0. The third kappa shape index (κ3) is 3.76. The molecular weight excluding hydrogens is 406 g/mol. The number of ketones is 1. The Morgan fingerprint density at radius 3 is 2.33 bits per heavy atom. The van der Waals surface area contributed by atoms with Crippen molar-refractivity contribution >= 4 is 46.6 Å². The number of rotatable bonds is 7. The van der Waals surface area contributed by atoms with Crippen LogP contribution in [0.25, 0.3) is 0 Å². The van der Waals surface area contributed by atoms with Gasteiger partial charge in [-0.1, -0.05) is 6.07 Å². The maximum absolute atomic E-state index is 12.6. The van der Waals surface area contributed by atoms with Crippen LogP contribution < -0.4 is 4.90 Å². The Bertz CT molecular complexity index is 1020. The molecule has 9 heteroatoms. The van der Waals surface area contributed by atoms with Gasteiger partial charge in [0.2, 0.25) is 5.91 Å². The van der Waals surface area contributed by atoms with Crippen molar-refractivity contribution in [1.29, 1.82) is 0 Å². The molecule has 154 valence electrons. The van der Waals surface area contributed by atoms with Crippen LogP contribution >= 0.6 is 11.3 Å². The normalized spacial score (nSPS) is 16.9. The number of carbonyl (C=O) groups excluding carboxylic acids is 5. The van der Waals surface area contributed by atoms with E-state index in [1.54, 1.807) is 29.2 Å². The zero-order chi connectivity index (χ0) is 21.3. The molecule has 1 aromatic heterocycles. The van der Waals surface area contributed by atoms with Crippen LogP contribution in [0.3, 0.4) is 0 Å². The lowest BCUT2D eigenvalue weighted by atomic mass is 10.1. The van der Waals surface area contributed by atoms with Gasteiger partial charge in [0.05, 0.1) is 6.54 Å². The average Bonchev–Trinajstić information content (AvgIpc) is 3.46. The first-order valence-electron chi connectivity index (χ1n) is 9.59. The largest absolute Gasteiger partial charge is 0.334 e. The highest BCUT2D eigenvalue weighted by Crippen LogP contribution is 2.22. The van der Waals surface area contributed by atoms with Crippen molar-refractivity contribution in [3.05, 3.63) is 52.2 Å². The lowest BCUT2D eigenvalue weighted by Crippen LogP contribution is -2.37. The van der Waals surface area contributed by atoms with E-state index >= 15 is 0 Å². The van der Waals surface area contributed by atoms with Gasteiger partial charge in [-0.25, -0.2) is 9.69 Å². The molecule has 2 fully saturated rings. The number of benzene rings is 1. The van der Waals surface area contributed by atoms with Gasteiger partial charge in [-0.3, -0.25) is 24.1 Å². The highest BCUT2D eigenvalue weighted by atomic mass is 32.1. The molecule has 0 unspecified atom stereocenters. The highest BCUT2D eigenvalue weighted by Gasteiger charge is 2.44. The molecule has 0 N–H and O–H groups in total. The number of urea groups is 1. The van der Waals surface area contributed by atoms with E-state index in [4.69, 9.17) is 0 Å². The summed E-state index contributed by atoms with van der Waals surface area (Å²) in [6.07, 6.45) is 1.77. The Hall–Kier alpha value is -3.33. The van der Waals surface area contributed by atoms with Gasteiger partial charge < -0.3 is 4.90 Å². The van der Waals surface area contributed by atoms with Gasteiger partial charge in [0, 0.05) is 42.1 Å². The molecule has 0 radical (unpaired) electrons. The van der Waals surface area contributed by atoms with E-state index in [-0.39, 0.29) is 12.5 Å². The minimum atomic E-state index is -0.987. The zero-order valence-electron chi connectivity index (χ0n) is 16.1. The summed E-state index contributed by atoms with van der Waals surface area (Å²) in [5, 5.41) is 1.89. The SMILES string of the molecule is O=C(CN1C(=O)C(=O)N(CCc2cccs2)C1=O)c1ccc(N2CCCC2=O)cc1. The third-order valence-electron chi connectivity index (χ3n) is 5.17. The molecule has 4 rings (SSSR count). The van der Waals surface area contributed by atoms with Crippen molar-refractivity contribution in [1.82, 2.24) is 9.80 Å². The number of hydrogen-bond acceptors (Lipinski definition) is 6. The molecule has 2 saturated heterocycles. The van der Waals surface area contributed by atoms with Crippen molar-refractivity contribution in [3.8, 4) is 0 Å². The van der Waals surface area contributed by atoms with Crippen molar-refractivity contribution in [2.24, 2.45) is 0 Å². The number of nitrogens with zero attached hydrogens (tertiary/aromatic N) is 3. The molecule has 1 aromatic carbocycles. The molecule has 0 aliphatic carbocycles. The maximum atomic E-state index is 12.6. The third-order valence-corrected chi connectivity index (χ3v) is 6.11. The molecule has 2 aromatic rings. The minimum absolute atomic E-state index is 0.0449. The standard InChI is InChI=1S/C21H19N3O5S/c25-17(14-5-7-15(8-6-14)22-10-1-4-18(22)26)13-24-20(28)19(27)23(21(24)29)11-9-16-3-2-12-30-16/h2-3,5-8,12H,1,4,9-11,13H2. The number of imide groups is 2. The summed E-state index contributed by atoms with van der Waals surface area (Å²) in [5.41, 5.74) is 1.01. The van der Waals surface area contributed by atoms with Crippen molar-refractivity contribution < 1.29 is 24.0 Å². The quantitative estimate of drug-likeness (QED) is 0.385. The van der Waals surface area contributed by atoms with E-state index < -0.39 is 30.2 Å². The number of hydrogen-bond donors (Lipinski definition) is 0. The van der Waals surface area contributed by atoms with Crippen LogP contribution in [-0.2, 0) is 20.8 Å². The van der Waals surface area contributed by atoms with Crippen LogP contribution in [0.2, 0.25) is 0 Å². The first-order chi connectivity index (χ1) is 14.5. The Morgan fingerprint density at radius 2 is 1.70 bits per heavy atom. The fourth-order valence-corrected chi connectivity index (χ4v) is 4.25. The topological polar surface area (TPSA) is 95.1 Å². The first-order valence-corrected chi connectivity index (χ1v) is 10.5. The molecule has 0 saturated carbocycles. The van der Waals surface area contributed by atoms with Crippen LogP contribution in [0.4, 0.5) is 10.5 Å². The van der Waals surface area contributed by atoms with Crippen LogP contribution in [0.5, 0.6) is 0 Å². The lowest BCUT2D eigenvalue weighted by molar-refractivity contribution is -0.143. The smallest absolute Gasteiger partial charge is 0.312 e. The molecular formula is C21H19N3O5S. The van der Waals surface area contributed by atoms with Crippen LogP contribution in [0.15, 0.2) is 41.8 Å². The maximum Gasteiger partial charge on any atom is 0.334 e. The van der Waals surface area contributed by atoms with Crippen LogP contribution in [0, 0.1) is 0 Å². The van der Waals surface area contributed by atoms with E-state index in [9.17, 15) is 24.0 Å². The Morgan fingerprint density at radius 1 is 0.967 bits per heavy atom. The monoisotopic (exact) mass is 425 g/mol. The van der Waals surface area contributed by atoms with E-state index in [1.807, 2.05) is 17.5 Å². The molecule has 2 aliphatic heterocycles. The second kappa shape index (κ2) is 8.19. The van der Waals surface area contributed by atoms with Gasteiger partial charge in [0.25, 0.3) is 0 Å². The Labute approximate surface area is 176 Å². The number of thiophene rings is 1. The van der Waals surface area contributed by atoms with Crippen LogP contribution in [0.1, 0.15) is 28.1 Å². The fraction of sp³-hybridized carbons (Fsp3) is 0.286. The fourth-order valence-electron chi connectivity index (χ4n) is 3.55. The van der Waals surface area contributed by atoms with E-state index in [1.165, 1.54) is 11.3 Å². The molecule has 8 nitrogen and oxygen atoms in total. The molecule has 30 heavy (non-hydrogen) atoms. The van der Waals surface area contributed by atoms with Gasteiger partial charge in [0.15, 0.2) is 5.78 Å². The van der Waals surface area contributed by atoms with E-state index in [0.29, 0.717) is 35.5 Å². The predicted octanol–water partition coefficient (Wildman–Crippen LogP) is 2.09. The summed E-state index contributed by atoms with van der Waals surface area (Å²) in [6, 6.07) is 9.45. The molecule has 3 heterocycles. The van der Waals surface area contributed by atoms with Gasteiger partial charge in [0.1, 0.15) is 0 Å². The van der Waals surface area contributed by atoms with Gasteiger partial charge >= 0.3 is 17.8 Å². The predicted molar refractivity (Wildman–Crippen MR) is 109 cm³/mol. The molecule has 0 spiro atoms. The number of carbonyl (C=O) groups is 5. The highest BCUT2D eigenvalue weighted by molar-refractivity contribution is 7.09. The Balaban J connectivity index is 1.41. The molecule has 5 amide bonds. The summed E-state index contributed by atoms with van der Waals surface area (Å²) >= 11 is 1.50. The van der Waals surface area contributed by atoms with Gasteiger partial charge in [-0.15, -0.1) is 11.3 Å².